The largest absolute Gasteiger partial charge is 0.478 e. The highest BCUT2D eigenvalue weighted by atomic mass is 16.5. The summed E-state index contributed by atoms with van der Waals surface area (Å²) in [6.45, 7) is 7.34. The summed E-state index contributed by atoms with van der Waals surface area (Å²) in [4.78, 5) is 4.65. The highest BCUT2D eigenvalue weighted by Crippen LogP contribution is 2.26. The molecule has 2 rings (SSSR count). The fraction of sp³-hybridized carbons (Fsp3) is 0.500. The van der Waals surface area contributed by atoms with E-state index in [1.807, 2.05) is 18.2 Å². The van der Waals surface area contributed by atoms with Gasteiger partial charge in [0, 0.05) is 6.42 Å². The summed E-state index contributed by atoms with van der Waals surface area (Å²) in [5.74, 6) is 0.881. The number of hydrogen-bond donors (Lipinski definition) is 0. The summed E-state index contributed by atoms with van der Waals surface area (Å²) < 4.78 is 5.65. The van der Waals surface area contributed by atoms with Gasteiger partial charge in [0.1, 0.15) is 6.61 Å². The second-order valence-electron chi connectivity index (χ2n) is 5.38. The first-order valence-electron chi connectivity index (χ1n) is 5.79. The van der Waals surface area contributed by atoms with Gasteiger partial charge in [-0.2, -0.15) is 0 Å². The molecule has 0 saturated carbocycles. The van der Waals surface area contributed by atoms with Crippen molar-refractivity contribution in [1.29, 1.82) is 0 Å². The average Bonchev–Trinajstić information content (AvgIpc) is 2.67. The molecule has 86 valence electrons. The molecule has 2 heteroatoms. The molecule has 1 heterocycles. The van der Waals surface area contributed by atoms with Gasteiger partial charge < -0.3 is 4.74 Å². The smallest absolute Gasteiger partial charge is 0.188 e. The maximum absolute atomic E-state index is 5.65. The molecule has 1 aliphatic rings. The lowest BCUT2D eigenvalue weighted by Crippen LogP contribution is -2.25. The zero-order chi connectivity index (χ0) is 11.6. The van der Waals surface area contributed by atoms with Gasteiger partial charge in [-0.05, 0) is 11.0 Å². The van der Waals surface area contributed by atoms with Crippen LogP contribution in [0.2, 0.25) is 0 Å². The molecule has 1 atom stereocenters. The fourth-order valence-electron chi connectivity index (χ4n) is 1.73. The van der Waals surface area contributed by atoms with Crippen LogP contribution in [-0.2, 0) is 11.2 Å². The summed E-state index contributed by atoms with van der Waals surface area (Å²) in [5, 5.41) is 0. The van der Waals surface area contributed by atoms with Crippen LogP contribution in [0.4, 0.5) is 0 Å². The molecule has 0 fully saturated rings. The van der Waals surface area contributed by atoms with E-state index in [2.05, 4.69) is 37.9 Å². The number of nitrogens with zero attached hydrogens (tertiary/aromatic N) is 1. The molecule has 1 aromatic carbocycles. The average molecular weight is 217 g/mol. The Balaban J connectivity index is 2.03. The molecule has 2 nitrogen and oxygen atoms in total. The van der Waals surface area contributed by atoms with E-state index in [9.17, 15) is 0 Å². The van der Waals surface area contributed by atoms with Gasteiger partial charge in [0.15, 0.2) is 5.90 Å². The third-order valence-electron chi connectivity index (χ3n) is 2.91. The Labute approximate surface area is 97.4 Å². The molecule has 1 aliphatic heterocycles. The number of ether oxygens (including phenoxy) is 1. The maximum Gasteiger partial charge on any atom is 0.188 e. The van der Waals surface area contributed by atoms with E-state index >= 15 is 0 Å². The monoisotopic (exact) mass is 217 g/mol. The summed E-state index contributed by atoms with van der Waals surface area (Å²) >= 11 is 0. The molecule has 0 unspecified atom stereocenters. The van der Waals surface area contributed by atoms with Gasteiger partial charge >= 0.3 is 0 Å². The van der Waals surface area contributed by atoms with E-state index in [0.717, 1.165) is 18.9 Å². The van der Waals surface area contributed by atoms with Crippen molar-refractivity contribution in [3.05, 3.63) is 35.9 Å². The van der Waals surface area contributed by atoms with Gasteiger partial charge in [-0.25, -0.2) is 4.99 Å². The lowest BCUT2D eigenvalue weighted by molar-refractivity contribution is 0.233. The SMILES string of the molecule is CC(C)(C)[C@H]1COC(Cc2ccccc2)=N1. The van der Waals surface area contributed by atoms with Gasteiger partial charge in [0.25, 0.3) is 0 Å². The normalized spacial score (nSPS) is 20.4. The number of benzene rings is 1. The predicted molar refractivity (Wildman–Crippen MR) is 66.8 cm³/mol. The van der Waals surface area contributed by atoms with Gasteiger partial charge in [0.05, 0.1) is 6.04 Å². The molecule has 1 aromatic rings. The maximum atomic E-state index is 5.65. The first kappa shape index (κ1) is 11.2. The van der Waals surface area contributed by atoms with Crippen LogP contribution in [0.5, 0.6) is 0 Å². The van der Waals surface area contributed by atoms with Crippen LogP contribution in [0.1, 0.15) is 26.3 Å². The Bertz CT molecular complexity index is 375. The van der Waals surface area contributed by atoms with Crippen LogP contribution in [0.15, 0.2) is 35.3 Å². The number of hydrogen-bond acceptors (Lipinski definition) is 2. The Morgan fingerprint density at radius 3 is 2.50 bits per heavy atom. The summed E-state index contributed by atoms with van der Waals surface area (Å²) in [6.07, 6.45) is 0.813. The predicted octanol–water partition coefficient (Wildman–Crippen LogP) is 3.07. The Morgan fingerprint density at radius 2 is 1.94 bits per heavy atom. The molecule has 0 amide bonds. The fourth-order valence-corrected chi connectivity index (χ4v) is 1.73. The Kier molecular flexibility index (Phi) is 2.99. The van der Waals surface area contributed by atoms with E-state index in [1.54, 1.807) is 0 Å². The zero-order valence-corrected chi connectivity index (χ0v) is 10.2. The van der Waals surface area contributed by atoms with E-state index < -0.39 is 0 Å². The topological polar surface area (TPSA) is 21.6 Å². The second-order valence-corrected chi connectivity index (χ2v) is 5.38. The van der Waals surface area contributed by atoms with Crippen molar-refractivity contribution in [3.63, 3.8) is 0 Å². The zero-order valence-electron chi connectivity index (χ0n) is 10.2. The summed E-state index contributed by atoms with van der Waals surface area (Å²) in [5.41, 5.74) is 1.45. The summed E-state index contributed by atoms with van der Waals surface area (Å²) in [7, 11) is 0. The molecule has 0 aliphatic carbocycles. The second kappa shape index (κ2) is 4.28. The minimum Gasteiger partial charge on any atom is -0.478 e. The van der Waals surface area contributed by atoms with E-state index in [-0.39, 0.29) is 5.41 Å². The molecule has 0 spiro atoms. The van der Waals surface area contributed by atoms with Crippen LogP contribution in [0.25, 0.3) is 0 Å². The highest BCUT2D eigenvalue weighted by molar-refractivity contribution is 5.80. The van der Waals surface area contributed by atoms with Crippen LogP contribution in [0.3, 0.4) is 0 Å². The molecule has 0 saturated heterocycles. The third kappa shape index (κ3) is 2.63. The molecule has 0 N–H and O–H groups in total. The van der Waals surface area contributed by atoms with Crippen molar-refractivity contribution in [3.8, 4) is 0 Å². The van der Waals surface area contributed by atoms with Crippen molar-refractivity contribution in [2.24, 2.45) is 10.4 Å². The van der Waals surface area contributed by atoms with Crippen molar-refractivity contribution < 1.29 is 4.74 Å². The molecule has 0 radical (unpaired) electrons. The molecule has 16 heavy (non-hydrogen) atoms. The van der Waals surface area contributed by atoms with E-state index in [4.69, 9.17) is 4.74 Å². The lowest BCUT2D eigenvalue weighted by atomic mass is 9.88. The first-order chi connectivity index (χ1) is 7.55. The van der Waals surface area contributed by atoms with Crippen LogP contribution in [0, 0.1) is 5.41 Å². The van der Waals surface area contributed by atoms with Gasteiger partial charge in [-0.3, -0.25) is 0 Å². The lowest BCUT2D eigenvalue weighted by Gasteiger charge is -2.21. The minimum atomic E-state index is 0.193. The van der Waals surface area contributed by atoms with Gasteiger partial charge in [-0.15, -0.1) is 0 Å². The van der Waals surface area contributed by atoms with E-state index in [1.165, 1.54) is 5.56 Å². The summed E-state index contributed by atoms with van der Waals surface area (Å²) in [6, 6.07) is 10.6. The molecule has 0 bridgehead atoms. The van der Waals surface area contributed by atoms with Crippen molar-refractivity contribution in [2.45, 2.75) is 33.2 Å². The quantitative estimate of drug-likeness (QED) is 0.746. The first-order valence-corrected chi connectivity index (χ1v) is 5.79. The van der Waals surface area contributed by atoms with Crippen LogP contribution >= 0.6 is 0 Å². The van der Waals surface area contributed by atoms with Crippen LogP contribution in [-0.4, -0.2) is 18.5 Å². The number of rotatable bonds is 2. The number of aliphatic imine (C=N–C) groups is 1. The molecular formula is C14H19NO. The van der Waals surface area contributed by atoms with E-state index in [0.29, 0.717) is 6.04 Å². The standard InChI is InChI=1S/C14H19NO/c1-14(2,3)12-10-16-13(15-12)9-11-7-5-4-6-8-11/h4-8,12H,9-10H2,1-3H3/t12-/m1/s1. The van der Waals surface area contributed by atoms with Crippen molar-refractivity contribution in [1.82, 2.24) is 0 Å². The molecular weight excluding hydrogens is 198 g/mol. The minimum absolute atomic E-state index is 0.193. The Hall–Kier alpha value is -1.31. The van der Waals surface area contributed by atoms with Crippen molar-refractivity contribution in [2.75, 3.05) is 6.61 Å². The third-order valence-corrected chi connectivity index (χ3v) is 2.91. The van der Waals surface area contributed by atoms with Gasteiger partial charge in [0.2, 0.25) is 0 Å². The highest BCUT2D eigenvalue weighted by Gasteiger charge is 2.29. The van der Waals surface area contributed by atoms with Crippen molar-refractivity contribution >= 4 is 5.90 Å². The molecule has 0 aromatic heterocycles. The van der Waals surface area contributed by atoms with Gasteiger partial charge in [-0.1, -0.05) is 51.1 Å². The Morgan fingerprint density at radius 1 is 1.25 bits per heavy atom. The van der Waals surface area contributed by atoms with Crippen LogP contribution < -0.4 is 0 Å².